The van der Waals surface area contributed by atoms with Gasteiger partial charge in [-0.1, -0.05) is 12.1 Å². The molecule has 0 aromatic heterocycles. The maximum Gasteiger partial charge on any atom is 0.339 e. The average Bonchev–Trinajstić information content (AvgIpc) is 3.26. The Morgan fingerprint density at radius 3 is 2.54 bits per heavy atom. The maximum atomic E-state index is 12.5. The van der Waals surface area contributed by atoms with Gasteiger partial charge in [-0.2, -0.15) is 8.42 Å². The van der Waals surface area contributed by atoms with Crippen molar-refractivity contribution >= 4 is 33.6 Å². The summed E-state index contributed by atoms with van der Waals surface area (Å²) in [7, 11) is -3.83. The Morgan fingerprint density at radius 2 is 1.79 bits per heavy atom. The van der Waals surface area contributed by atoms with Gasteiger partial charge in [-0.3, -0.25) is 0 Å². The smallest absolute Gasteiger partial charge is 0.339 e. The van der Waals surface area contributed by atoms with E-state index >= 15 is 0 Å². The molecule has 0 amide bonds. The van der Waals surface area contributed by atoms with Crippen LogP contribution >= 0.6 is 23.5 Å². The molecule has 2 aromatic rings. The number of hydrogen-bond acceptors (Lipinski definition) is 6. The number of ether oxygens (including phenoxy) is 1. The predicted octanol–water partition coefficient (Wildman–Crippen LogP) is 3.87. The first-order valence-electron chi connectivity index (χ1n) is 7.65. The van der Waals surface area contributed by atoms with E-state index in [1.165, 1.54) is 11.6 Å². The molecule has 2 heterocycles. The molecule has 0 unspecified atom stereocenters. The minimum atomic E-state index is -3.83. The van der Waals surface area contributed by atoms with Crippen molar-refractivity contribution in [2.45, 2.75) is 15.9 Å². The molecule has 24 heavy (non-hydrogen) atoms. The first-order valence-corrected chi connectivity index (χ1v) is 11.2. The molecule has 2 aliphatic heterocycles. The fourth-order valence-corrected chi connectivity index (χ4v) is 6.57. The zero-order valence-electron chi connectivity index (χ0n) is 12.8. The summed E-state index contributed by atoms with van der Waals surface area (Å²) in [6.45, 7) is 0.596. The van der Waals surface area contributed by atoms with Crippen LogP contribution < -0.4 is 8.92 Å². The molecule has 7 heteroatoms. The highest BCUT2D eigenvalue weighted by molar-refractivity contribution is 8.19. The van der Waals surface area contributed by atoms with E-state index in [4.69, 9.17) is 8.92 Å². The lowest BCUT2D eigenvalue weighted by atomic mass is 10.2. The van der Waals surface area contributed by atoms with Crippen molar-refractivity contribution in [3.8, 4) is 11.5 Å². The Bertz CT molecular complexity index is 841. The van der Waals surface area contributed by atoms with Gasteiger partial charge >= 0.3 is 10.1 Å². The van der Waals surface area contributed by atoms with E-state index in [-0.39, 0.29) is 4.90 Å². The molecule has 2 aromatic carbocycles. The molecule has 1 fully saturated rings. The lowest BCUT2D eigenvalue weighted by Crippen LogP contribution is -2.10. The monoisotopic (exact) mass is 380 g/mol. The molecule has 4 rings (SSSR count). The predicted molar refractivity (Wildman–Crippen MR) is 97.6 cm³/mol. The fraction of sp³-hybridized carbons (Fsp3) is 0.294. The van der Waals surface area contributed by atoms with Gasteiger partial charge < -0.3 is 8.92 Å². The molecule has 126 valence electrons. The highest BCUT2D eigenvalue weighted by atomic mass is 32.2. The molecule has 0 radical (unpaired) electrons. The lowest BCUT2D eigenvalue weighted by Gasteiger charge is -2.11. The third-order valence-corrected chi connectivity index (χ3v) is 8.28. The molecule has 1 saturated heterocycles. The van der Waals surface area contributed by atoms with Crippen molar-refractivity contribution in [2.24, 2.45) is 0 Å². The van der Waals surface area contributed by atoms with Crippen LogP contribution in [0.2, 0.25) is 0 Å². The van der Waals surface area contributed by atoms with Gasteiger partial charge in [-0.15, -0.1) is 23.5 Å². The summed E-state index contributed by atoms with van der Waals surface area (Å²) in [5, 5.41) is 0. The highest BCUT2D eigenvalue weighted by Crippen LogP contribution is 2.45. The summed E-state index contributed by atoms with van der Waals surface area (Å²) in [6.07, 6.45) is 0.726. The summed E-state index contributed by atoms with van der Waals surface area (Å²) in [5.74, 6) is 3.40. The molecular weight excluding hydrogens is 364 g/mol. The molecule has 0 bridgehead atoms. The van der Waals surface area contributed by atoms with Crippen LogP contribution in [0.1, 0.15) is 15.7 Å². The first-order chi connectivity index (χ1) is 11.6. The minimum Gasteiger partial charge on any atom is -0.493 e. The van der Waals surface area contributed by atoms with E-state index in [0.29, 0.717) is 16.9 Å². The van der Waals surface area contributed by atoms with Crippen LogP contribution in [0.4, 0.5) is 0 Å². The standard InChI is InChI=1S/C17H16O4S3/c18-24(19,15-5-6-16-13(11-15)7-8-20-16)21-14-3-1-12(2-4-14)17-22-9-10-23-17/h1-6,11,17H,7-10H2. The highest BCUT2D eigenvalue weighted by Gasteiger charge is 2.22. The van der Waals surface area contributed by atoms with Gasteiger partial charge in [0.15, 0.2) is 0 Å². The van der Waals surface area contributed by atoms with Gasteiger partial charge in [0.1, 0.15) is 16.4 Å². The third kappa shape index (κ3) is 3.25. The topological polar surface area (TPSA) is 52.6 Å². The van der Waals surface area contributed by atoms with Crippen molar-refractivity contribution in [1.82, 2.24) is 0 Å². The second-order valence-corrected chi connectivity index (χ2v) is 9.82. The van der Waals surface area contributed by atoms with Gasteiger partial charge in [0.05, 0.1) is 11.2 Å². The second-order valence-electron chi connectivity index (χ2n) is 5.55. The normalized spacial score (nSPS) is 17.5. The third-order valence-electron chi connectivity index (χ3n) is 3.93. The Labute approximate surface area is 150 Å². The SMILES string of the molecule is O=S(=O)(Oc1ccc(C2SCCS2)cc1)c1ccc2c(c1)CCO2. The summed E-state index contributed by atoms with van der Waals surface area (Å²) in [5.41, 5.74) is 2.10. The van der Waals surface area contributed by atoms with Crippen molar-refractivity contribution in [1.29, 1.82) is 0 Å². The molecule has 2 aliphatic rings. The quantitative estimate of drug-likeness (QED) is 0.751. The summed E-state index contributed by atoms with van der Waals surface area (Å²) in [6, 6.07) is 12.2. The molecule has 0 N–H and O–H groups in total. The molecule has 0 aliphatic carbocycles. The number of thioether (sulfide) groups is 2. The fourth-order valence-electron chi connectivity index (χ4n) is 2.72. The average molecular weight is 381 g/mol. The molecule has 4 nitrogen and oxygen atoms in total. The maximum absolute atomic E-state index is 12.5. The Morgan fingerprint density at radius 1 is 1.04 bits per heavy atom. The Hall–Kier alpha value is -1.31. The molecule has 0 spiro atoms. The minimum absolute atomic E-state index is 0.165. The van der Waals surface area contributed by atoms with E-state index in [1.807, 2.05) is 35.7 Å². The zero-order chi connectivity index (χ0) is 16.6. The summed E-state index contributed by atoms with van der Waals surface area (Å²) < 4.78 is 36.1. The number of hydrogen-bond donors (Lipinski definition) is 0. The van der Waals surface area contributed by atoms with Crippen molar-refractivity contribution in [3.63, 3.8) is 0 Å². The molecule has 0 atom stereocenters. The first kappa shape index (κ1) is 16.2. The number of benzene rings is 2. The van der Waals surface area contributed by atoms with Crippen LogP contribution in [-0.4, -0.2) is 26.5 Å². The van der Waals surface area contributed by atoms with Crippen LogP contribution in [0.3, 0.4) is 0 Å². The van der Waals surface area contributed by atoms with E-state index in [0.717, 1.165) is 29.2 Å². The Kier molecular flexibility index (Phi) is 4.40. The van der Waals surface area contributed by atoms with Gasteiger partial charge in [0, 0.05) is 17.9 Å². The van der Waals surface area contributed by atoms with Crippen LogP contribution in [0.25, 0.3) is 0 Å². The number of rotatable bonds is 4. The van der Waals surface area contributed by atoms with Crippen LogP contribution in [0, 0.1) is 0 Å². The van der Waals surface area contributed by atoms with Gasteiger partial charge in [-0.05, 0) is 41.5 Å². The van der Waals surface area contributed by atoms with Crippen LogP contribution in [-0.2, 0) is 16.5 Å². The second kappa shape index (κ2) is 6.54. The summed E-state index contributed by atoms with van der Waals surface area (Å²) >= 11 is 3.83. The summed E-state index contributed by atoms with van der Waals surface area (Å²) in [4.78, 5) is 0.165. The van der Waals surface area contributed by atoms with Crippen molar-refractivity contribution < 1.29 is 17.3 Å². The van der Waals surface area contributed by atoms with Gasteiger partial charge in [-0.25, -0.2) is 0 Å². The van der Waals surface area contributed by atoms with E-state index in [1.54, 1.807) is 24.3 Å². The van der Waals surface area contributed by atoms with Crippen LogP contribution in [0.15, 0.2) is 47.4 Å². The van der Waals surface area contributed by atoms with E-state index in [9.17, 15) is 8.42 Å². The van der Waals surface area contributed by atoms with Crippen molar-refractivity contribution in [3.05, 3.63) is 53.6 Å². The molecule has 0 saturated carbocycles. The van der Waals surface area contributed by atoms with Gasteiger partial charge in [0.25, 0.3) is 0 Å². The van der Waals surface area contributed by atoms with E-state index in [2.05, 4.69) is 0 Å². The number of fused-ring (bicyclic) bond motifs is 1. The lowest BCUT2D eigenvalue weighted by molar-refractivity contribution is 0.356. The molecular formula is C17H16O4S3. The van der Waals surface area contributed by atoms with Crippen molar-refractivity contribution in [2.75, 3.05) is 18.1 Å². The Balaban J connectivity index is 1.53. The van der Waals surface area contributed by atoms with Crippen LogP contribution in [0.5, 0.6) is 11.5 Å². The largest absolute Gasteiger partial charge is 0.493 e. The van der Waals surface area contributed by atoms with E-state index < -0.39 is 10.1 Å². The zero-order valence-corrected chi connectivity index (χ0v) is 15.3. The van der Waals surface area contributed by atoms with Gasteiger partial charge in [0.2, 0.25) is 0 Å².